The lowest BCUT2D eigenvalue weighted by molar-refractivity contribution is 1.18. The van der Waals surface area contributed by atoms with Crippen LogP contribution in [0.15, 0.2) is 181 Å². The summed E-state index contributed by atoms with van der Waals surface area (Å²) in [5.41, 5.74) is -6.61. The Labute approximate surface area is 319 Å². The molecule has 0 fully saturated rings. The van der Waals surface area contributed by atoms with E-state index in [1.54, 1.807) is 0 Å². The summed E-state index contributed by atoms with van der Waals surface area (Å²) in [6.07, 6.45) is 0. The maximum atomic E-state index is 9.82. The number of hydrogen-bond acceptors (Lipinski definition) is 0. The molecular formula is C46H30N2. The molecule has 10 aromatic rings. The van der Waals surface area contributed by atoms with Crippen LogP contribution < -0.4 is 0 Å². The molecule has 0 radical (unpaired) electrons. The molecule has 0 aliphatic heterocycles. The van der Waals surface area contributed by atoms with E-state index in [-0.39, 0.29) is 0 Å². The monoisotopic (exact) mass is 639 g/mol. The molecule has 224 valence electrons. The van der Waals surface area contributed by atoms with Crippen LogP contribution in [0, 0.1) is 0 Å². The smallest absolute Gasteiger partial charge is 0.0651 e. The van der Waals surface area contributed by atoms with Gasteiger partial charge in [0.1, 0.15) is 0 Å². The third kappa shape index (κ3) is 4.13. The van der Waals surface area contributed by atoms with Gasteiger partial charge in [0.2, 0.25) is 0 Å². The van der Waals surface area contributed by atoms with Crippen LogP contribution in [0.4, 0.5) is 0 Å². The van der Waals surface area contributed by atoms with Crippen LogP contribution in [0.25, 0.3) is 88.0 Å². The molecule has 0 amide bonds. The molecule has 0 saturated carbocycles. The molecule has 0 aliphatic rings. The minimum absolute atomic E-state index is 0.482. The number of para-hydroxylation sites is 2. The first-order valence-corrected chi connectivity index (χ1v) is 14.2. The number of hydrogen-bond donors (Lipinski definition) is 0. The first-order valence-electron chi connectivity index (χ1n) is 28.7. The highest BCUT2D eigenvalue weighted by molar-refractivity contribution is 6.12. The zero-order valence-corrected chi connectivity index (χ0v) is 24.0. The fourth-order valence-corrected chi connectivity index (χ4v) is 5.59. The highest BCUT2D eigenvalue weighted by Gasteiger charge is 2.16. The molecule has 0 aliphatic carbocycles. The lowest BCUT2D eigenvalue weighted by Crippen LogP contribution is -1.94. The van der Waals surface area contributed by atoms with Crippen molar-refractivity contribution in [3.05, 3.63) is 181 Å². The molecule has 10 rings (SSSR count). The fourth-order valence-electron chi connectivity index (χ4n) is 5.59. The van der Waals surface area contributed by atoms with E-state index in [9.17, 15) is 12.3 Å². The van der Waals surface area contributed by atoms with Crippen molar-refractivity contribution in [2.75, 3.05) is 0 Å². The minimum Gasteiger partial charge on any atom is -0.309 e. The van der Waals surface area contributed by atoms with E-state index in [0.29, 0.717) is 0 Å². The van der Waals surface area contributed by atoms with Crippen LogP contribution in [-0.2, 0) is 0 Å². The summed E-state index contributed by atoms with van der Waals surface area (Å²) in [4.78, 5) is 0. The Bertz CT molecular complexity index is 4470. The van der Waals surface area contributed by atoms with Crippen molar-refractivity contribution < 1.29 is 39.8 Å². The summed E-state index contributed by atoms with van der Waals surface area (Å²) >= 11 is 0. The van der Waals surface area contributed by atoms with Crippen molar-refractivity contribution in [1.82, 2.24) is 9.13 Å². The SMILES string of the molecule is [2H]c1cc(-c2c([2H])c([2H])c([2H])c([2H])c2[2H])c([2H])c([2H])c1-n1c2c([2H])c([2H])c([2H])c([2H])c2c2c([2H])c(-c3c([2H])c([2H])c4c(c3[2H])c3c([2H])c([2H])c([2H])c([2H])c3n4-c3c([2H])c([2H])c4c([2H])c([2H])c([2H])c([2H])c4c3[2H])c([2H])c([2H])c21. The van der Waals surface area contributed by atoms with Gasteiger partial charge in [-0.1, -0.05) is 121 Å². The first-order chi connectivity index (χ1) is 35.9. The topological polar surface area (TPSA) is 9.86 Å². The molecule has 0 bridgehead atoms. The third-order valence-corrected chi connectivity index (χ3v) is 7.69. The van der Waals surface area contributed by atoms with Crippen molar-refractivity contribution in [2.24, 2.45) is 0 Å². The van der Waals surface area contributed by atoms with Crippen LogP contribution in [0.1, 0.15) is 39.8 Å². The Kier molecular flexibility index (Phi) is 2.39. The molecule has 2 aromatic heterocycles. The van der Waals surface area contributed by atoms with Gasteiger partial charge in [0.15, 0.2) is 0 Å². The van der Waals surface area contributed by atoms with Crippen LogP contribution in [-0.4, -0.2) is 9.13 Å². The Balaban J connectivity index is 1.38. The van der Waals surface area contributed by atoms with Gasteiger partial charge in [-0.25, -0.2) is 0 Å². The van der Waals surface area contributed by atoms with Gasteiger partial charge >= 0.3 is 0 Å². The summed E-state index contributed by atoms with van der Waals surface area (Å²) in [5.74, 6) is 0. The van der Waals surface area contributed by atoms with Crippen molar-refractivity contribution in [3.8, 4) is 33.6 Å². The Morgan fingerprint density at radius 3 is 1.52 bits per heavy atom. The molecule has 0 unspecified atom stereocenters. The van der Waals surface area contributed by atoms with E-state index in [0.717, 1.165) is 15.2 Å². The molecular weight excluding hydrogens is 581 g/mol. The van der Waals surface area contributed by atoms with Crippen molar-refractivity contribution in [3.63, 3.8) is 0 Å². The number of fused-ring (bicyclic) bond motifs is 7. The first kappa shape index (κ1) is 10.8. The van der Waals surface area contributed by atoms with Gasteiger partial charge in [0, 0.05) is 32.9 Å². The Morgan fingerprint density at radius 2 is 0.833 bits per heavy atom. The molecule has 2 nitrogen and oxygen atoms in total. The number of benzene rings is 8. The van der Waals surface area contributed by atoms with Gasteiger partial charge < -0.3 is 9.13 Å². The lowest BCUT2D eigenvalue weighted by atomic mass is 10.0. The quantitative estimate of drug-likeness (QED) is 0.181. The van der Waals surface area contributed by atoms with Crippen LogP contribution in [0.3, 0.4) is 0 Å². The van der Waals surface area contributed by atoms with E-state index in [4.69, 9.17) is 27.4 Å². The van der Waals surface area contributed by atoms with Gasteiger partial charge in [-0.15, -0.1) is 0 Å². The molecule has 2 heterocycles. The van der Waals surface area contributed by atoms with E-state index in [1.165, 1.54) is 0 Å². The Hall–Kier alpha value is -6.38. The largest absolute Gasteiger partial charge is 0.309 e. The number of rotatable bonds is 4. The van der Waals surface area contributed by atoms with Gasteiger partial charge in [0.25, 0.3) is 0 Å². The molecule has 8 aromatic carbocycles. The molecule has 0 saturated heterocycles. The molecule has 0 spiro atoms. The second-order valence-electron chi connectivity index (χ2n) is 10.3. The second kappa shape index (κ2) is 10.6. The maximum absolute atomic E-state index is 9.82. The van der Waals surface area contributed by atoms with E-state index in [1.807, 2.05) is 0 Å². The number of nitrogens with zero attached hydrogens (tertiary/aromatic N) is 2. The van der Waals surface area contributed by atoms with Crippen molar-refractivity contribution >= 4 is 54.4 Å². The molecule has 0 atom stereocenters. The Morgan fingerprint density at radius 1 is 0.312 bits per heavy atom. The van der Waals surface area contributed by atoms with Crippen LogP contribution >= 0.6 is 0 Å². The summed E-state index contributed by atoms with van der Waals surface area (Å²) < 4.78 is 261. The maximum Gasteiger partial charge on any atom is 0.0651 e. The highest BCUT2D eigenvalue weighted by Crippen LogP contribution is 2.38. The van der Waals surface area contributed by atoms with E-state index >= 15 is 0 Å². The fraction of sp³-hybridized carbons (Fsp3) is 0. The normalized spacial score (nSPS) is 20.2. The average Bonchev–Trinajstić information content (AvgIpc) is 4.19. The van der Waals surface area contributed by atoms with Gasteiger partial charge in [0.05, 0.1) is 61.8 Å². The third-order valence-electron chi connectivity index (χ3n) is 7.69. The second-order valence-corrected chi connectivity index (χ2v) is 10.3. The molecule has 2 heteroatoms. The van der Waals surface area contributed by atoms with Crippen molar-refractivity contribution in [2.45, 2.75) is 0 Å². The lowest BCUT2D eigenvalue weighted by Gasteiger charge is -2.11. The van der Waals surface area contributed by atoms with Crippen LogP contribution in [0.2, 0.25) is 0 Å². The van der Waals surface area contributed by atoms with E-state index < -0.39 is 263 Å². The summed E-state index contributed by atoms with van der Waals surface area (Å²) in [6, 6.07) is -24.4. The summed E-state index contributed by atoms with van der Waals surface area (Å²) in [6.45, 7) is 0. The minimum atomic E-state index is -1.04. The van der Waals surface area contributed by atoms with Crippen molar-refractivity contribution in [1.29, 1.82) is 0 Å². The predicted molar refractivity (Wildman–Crippen MR) is 203 cm³/mol. The zero-order valence-electron chi connectivity index (χ0n) is 53.0. The van der Waals surface area contributed by atoms with Crippen LogP contribution in [0.5, 0.6) is 0 Å². The number of aromatic nitrogens is 2. The average molecular weight is 640 g/mol. The van der Waals surface area contributed by atoms with Gasteiger partial charge in [-0.05, 0) is 93.5 Å². The van der Waals surface area contributed by atoms with Gasteiger partial charge in [-0.3, -0.25) is 0 Å². The summed E-state index contributed by atoms with van der Waals surface area (Å²) in [5, 5.41) is -3.49. The molecule has 48 heavy (non-hydrogen) atoms. The molecule has 0 N–H and O–H groups in total. The highest BCUT2D eigenvalue weighted by atomic mass is 15.0. The zero-order chi connectivity index (χ0) is 56.8. The van der Waals surface area contributed by atoms with E-state index in [2.05, 4.69) is 0 Å². The standard InChI is InChI=1S/C46H30N2/c1-2-10-31(11-3-1)33-18-23-37(24-19-33)47-43-16-8-6-14-39(43)41-29-35(21-26-45(41)47)36-22-27-46-42(30-36)40-15-7-9-17-44(40)48(46)38-25-20-32-12-4-5-13-34(32)28-38/h1-30H/i1D,2D,3D,4D,5D,6D,7D,8D,9D,10D,11D,12D,13D,14D,15D,16D,17D,18D,20D,21D,22D,23D,24D,25D,26D,27D,28D,29D,30D. The predicted octanol–water partition coefficient (Wildman–Crippen LogP) is 12.4. The van der Waals surface area contributed by atoms with Gasteiger partial charge in [-0.2, -0.15) is 0 Å². The summed E-state index contributed by atoms with van der Waals surface area (Å²) in [7, 11) is 0.